The van der Waals surface area contributed by atoms with Crippen LogP contribution in [0.15, 0.2) is 72.8 Å². The second kappa shape index (κ2) is 6.91. The third-order valence-corrected chi connectivity index (χ3v) is 5.98. The summed E-state index contributed by atoms with van der Waals surface area (Å²) < 4.78 is 0. The quantitative estimate of drug-likeness (QED) is 0.231. The number of benzene rings is 4. The number of hydrogen-bond acceptors (Lipinski definition) is 2. The zero-order chi connectivity index (χ0) is 20.9. The van der Waals surface area contributed by atoms with Crippen LogP contribution in [0.5, 0.6) is 0 Å². The highest BCUT2D eigenvalue weighted by Crippen LogP contribution is 2.36. The molecular weight excluding hydrogens is 364 g/mol. The van der Waals surface area contributed by atoms with Crippen LogP contribution < -0.4 is 0 Å². The monoisotopic (exact) mass is 390 g/mol. The molecule has 5 rings (SSSR count). The van der Waals surface area contributed by atoms with E-state index >= 15 is 0 Å². The fourth-order valence-corrected chi connectivity index (χ4v) is 4.16. The summed E-state index contributed by atoms with van der Waals surface area (Å²) >= 11 is 0. The number of aromatic nitrogens is 2. The number of fused-ring (bicyclic) bond motifs is 4. The van der Waals surface area contributed by atoms with Gasteiger partial charge in [-0.1, -0.05) is 82.3 Å². The van der Waals surface area contributed by atoms with Crippen molar-refractivity contribution in [1.82, 2.24) is 9.97 Å². The van der Waals surface area contributed by atoms with Gasteiger partial charge in [0.2, 0.25) is 0 Å². The minimum Gasteiger partial charge on any atom is -0.244 e. The number of nitrogens with zero attached hydrogens (tertiary/aromatic N) is 2. The van der Waals surface area contributed by atoms with Gasteiger partial charge in [0.25, 0.3) is 0 Å². The van der Waals surface area contributed by atoms with Crippen molar-refractivity contribution in [1.29, 1.82) is 0 Å². The molecular formula is C28H26N2. The molecule has 0 N–H and O–H groups in total. The van der Waals surface area contributed by atoms with Crippen molar-refractivity contribution in [3.05, 3.63) is 83.9 Å². The van der Waals surface area contributed by atoms with E-state index in [9.17, 15) is 0 Å². The van der Waals surface area contributed by atoms with Crippen LogP contribution in [0.4, 0.5) is 0 Å². The summed E-state index contributed by atoms with van der Waals surface area (Å²) in [5.74, 6) is 0. The van der Waals surface area contributed by atoms with Gasteiger partial charge in [0.1, 0.15) is 0 Å². The van der Waals surface area contributed by atoms with Crippen LogP contribution in [0, 0.1) is 0 Å². The van der Waals surface area contributed by atoms with Gasteiger partial charge in [0, 0.05) is 5.39 Å². The van der Waals surface area contributed by atoms with Crippen molar-refractivity contribution in [2.75, 3.05) is 0 Å². The SMILES string of the molecule is CCc1ccc2c(c1)c(-c1ccc(C(C)(C)C)cc1)cc1nc3ccccc3nc12. The van der Waals surface area contributed by atoms with Gasteiger partial charge in [0.05, 0.1) is 22.1 Å². The Balaban J connectivity index is 1.83. The Hall–Kier alpha value is -3.26. The first-order chi connectivity index (χ1) is 14.4. The highest BCUT2D eigenvalue weighted by Gasteiger charge is 2.15. The smallest absolute Gasteiger partial charge is 0.0973 e. The van der Waals surface area contributed by atoms with Gasteiger partial charge in [-0.3, -0.25) is 0 Å². The first kappa shape index (κ1) is 18.7. The molecule has 0 bridgehead atoms. The van der Waals surface area contributed by atoms with Gasteiger partial charge >= 0.3 is 0 Å². The molecule has 0 unspecified atom stereocenters. The van der Waals surface area contributed by atoms with Crippen LogP contribution in [0.1, 0.15) is 38.8 Å². The molecule has 0 amide bonds. The summed E-state index contributed by atoms with van der Waals surface area (Å²) in [6.07, 6.45) is 1.01. The molecule has 0 spiro atoms. The number of aryl methyl sites for hydroxylation is 1. The number of para-hydroxylation sites is 2. The van der Waals surface area contributed by atoms with Crippen molar-refractivity contribution in [2.24, 2.45) is 0 Å². The van der Waals surface area contributed by atoms with E-state index in [0.717, 1.165) is 33.9 Å². The van der Waals surface area contributed by atoms with Gasteiger partial charge in [-0.25, -0.2) is 9.97 Å². The van der Waals surface area contributed by atoms with Crippen molar-refractivity contribution in [3.8, 4) is 11.1 Å². The fraction of sp³-hybridized carbons (Fsp3) is 0.214. The summed E-state index contributed by atoms with van der Waals surface area (Å²) in [6, 6.07) is 26.1. The van der Waals surface area contributed by atoms with E-state index < -0.39 is 0 Å². The molecule has 148 valence electrons. The lowest BCUT2D eigenvalue weighted by atomic mass is 9.85. The lowest BCUT2D eigenvalue weighted by Crippen LogP contribution is -2.10. The zero-order valence-electron chi connectivity index (χ0n) is 18.0. The maximum Gasteiger partial charge on any atom is 0.0973 e. The Kier molecular flexibility index (Phi) is 4.32. The lowest BCUT2D eigenvalue weighted by Gasteiger charge is -2.19. The average Bonchev–Trinajstić information content (AvgIpc) is 2.76. The molecule has 0 aliphatic carbocycles. The fourth-order valence-electron chi connectivity index (χ4n) is 4.16. The minimum absolute atomic E-state index is 0.143. The third kappa shape index (κ3) is 3.13. The predicted octanol–water partition coefficient (Wildman–Crippen LogP) is 7.46. The first-order valence-electron chi connectivity index (χ1n) is 10.7. The average molecular weight is 391 g/mol. The molecule has 1 heterocycles. The van der Waals surface area contributed by atoms with Crippen molar-refractivity contribution in [3.63, 3.8) is 0 Å². The van der Waals surface area contributed by atoms with Gasteiger partial charge in [-0.2, -0.15) is 0 Å². The van der Waals surface area contributed by atoms with E-state index in [4.69, 9.17) is 9.97 Å². The summed E-state index contributed by atoms with van der Waals surface area (Å²) in [6.45, 7) is 8.96. The molecule has 2 heteroatoms. The highest BCUT2D eigenvalue weighted by molar-refractivity contribution is 6.12. The summed E-state index contributed by atoms with van der Waals surface area (Å²) in [7, 11) is 0. The van der Waals surface area contributed by atoms with E-state index in [1.54, 1.807) is 0 Å². The topological polar surface area (TPSA) is 25.8 Å². The molecule has 5 aromatic rings. The molecule has 0 saturated heterocycles. The number of hydrogen-bond donors (Lipinski definition) is 0. The van der Waals surface area contributed by atoms with Crippen LogP contribution in [-0.4, -0.2) is 9.97 Å². The first-order valence-corrected chi connectivity index (χ1v) is 10.7. The van der Waals surface area contributed by atoms with Crippen molar-refractivity contribution in [2.45, 2.75) is 39.5 Å². The van der Waals surface area contributed by atoms with Crippen molar-refractivity contribution >= 4 is 32.8 Å². The largest absolute Gasteiger partial charge is 0.244 e. The molecule has 0 fully saturated rings. The summed E-state index contributed by atoms with van der Waals surface area (Å²) in [4.78, 5) is 9.93. The van der Waals surface area contributed by atoms with E-state index in [0.29, 0.717) is 0 Å². The van der Waals surface area contributed by atoms with E-state index in [-0.39, 0.29) is 5.41 Å². The van der Waals surface area contributed by atoms with Crippen LogP contribution in [0.3, 0.4) is 0 Å². The third-order valence-electron chi connectivity index (χ3n) is 5.98. The van der Waals surface area contributed by atoms with Crippen LogP contribution in [0.25, 0.3) is 44.0 Å². The Bertz CT molecular complexity index is 1390. The molecule has 0 aliphatic rings. The Morgan fingerprint density at radius 2 is 1.40 bits per heavy atom. The lowest BCUT2D eigenvalue weighted by molar-refractivity contribution is 0.590. The van der Waals surface area contributed by atoms with E-state index in [1.807, 2.05) is 24.3 Å². The highest BCUT2D eigenvalue weighted by atomic mass is 14.8. The Morgan fingerprint density at radius 3 is 2.07 bits per heavy atom. The van der Waals surface area contributed by atoms with Gasteiger partial charge < -0.3 is 0 Å². The molecule has 0 atom stereocenters. The van der Waals surface area contributed by atoms with E-state index in [2.05, 4.69) is 76.2 Å². The zero-order valence-corrected chi connectivity index (χ0v) is 18.0. The molecule has 1 aromatic heterocycles. The normalized spacial score (nSPS) is 12.1. The molecule has 0 saturated carbocycles. The molecule has 4 aromatic carbocycles. The van der Waals surface area contributed by atoms with Crippen LogP contribution in [0.2, 0.25) is 0 Å². The Labute approximate surface area is 177 Å². The van der Waals surface area contributed by atoms with Crippen LogP contribution in [-0.2, 0) is 11.8 Å². The minimum atomic E-state index is 0.143. The van der Waals surface area contributed by atoms with Gasteiger partial charge in [-0.05, 0) is 57.7 Å². The molecule has 2 nitrogen and oxygen atoms in total. The second-order valence-electron chi connectivity index (χ2n) is 9.07. The van der Waals surface area contributed by atoms with Crippen LogP contribution >= 0.6 is 0 Å². The van der Waals surface area contributed by atoms with E-state index in [1.165, 1.54) is 27.6 Å². The van der Waals surface area contributed by atoms with Crippen molar-refractivity contribution < 1.29 is 0 Å². The summed E-state index contributed by atoms with van der Waals surface area (Å²) in [5.41, 5.74) is 9.05. The standard InChI is InChI=1S/C28H26N2/c1-5-18-10-15-21-23(16-18)22(19-11-13-20(14-12-19)28(2,3)4)17-26-27(21)30-25-9-7-6-8-24(25)29-26/h6-17H,5H2,1-4H3. The van der Waals surface area contributed by atoms with Gasteiger partial charge in [-0.15, -0.1) is 0 Å². The molecule has 0 radical (unpaired) electrons. The second-order valence-corrected chi connectivity index (χ2v) is 9.07. The maximum atomic E-state index is 4.98. The maximum absolute atomic E-state index is 4.98. The molecule has 30 heavy (non-hydrogen) atoms. The molecule has 0 aliphatic heterocycles. The number of rotatable bonds is 2. The van der Waals surface area contributed by atoms with Gasteiger partial charge in [0.15, 0.2) is 0 Å². The predicted molar refractivity (Wildman–Crippen MR) is 128 cm³/mol. The Morgan fingerprint density at radius 1 is 0.700 bits per heavy atom. The summed E-state index contributed by atoms with van der Waals surface area (Å²) in [5, 5.41) is 2.41.